The SMILES string of the molecule is O=C1C=C(c2ccccc2)C(O)(c2ccccc2)O1. The summed E-state index contributed by atoms with van der Waals surface area (Å²) in [4.78, 5) is 11.6. The van der Waals surface area contributed by atoms with Crippen molar-refractivity contribution >= 4 is 11.5 Å². The molecule has 3 rings (SSSR count). The topological polar surface area (TPSA) is 46.5 Å². The zero-order chi connectivity index (χ0) is 13.3. The van der Waals surface area contributed by atoms with Crippen molar-refractivity contribution in [1.29, 1.82) is 0 Å². The van der Waals surface area contributed by atoms with Crippen LogP contribution >= 0.6 is 0 Å². The van der Waals surface area contributed by atoms with E-state index >= 15 is 0 Å². The fourth-order valence-corrected chi connectivity index (χ4v) is 2.22. The number of carbonyl (C=O) groups is 1. The van der Waals surface area contributed by atoms with Crippen LogP contribution in [0.15, 0.2) is 66.7 Å². The third-order valence-corrected chi connectivity index (χ3v) is 3.13. The summed E-state index contributed by atoms with van der Waals surface area (Å²) in [5.74, 6) is -2.25. The van der Waals surface area contributed by atoms with Crippen LogP contribution in [0.1, 0.15) is 11.1 Å². The predicted octanol–water partition coefficient (Wildman–Crippen LogP) is 2.47. The van der Waals surface area contributed by atoms with E-state index in [1.807, 2.05) is 36.4 Å². The van der Waals surface area contributed by atoms with Crippen LogP contribution < -0.4 is 0 Å². The van der Waals surface area contributed by atoms with Crippen molar-refractivity contribution in [3.8, 4) is 0 Å². The number of hydrogen-bond donors (Lipinski definition) is 1. The van der Waals surface area contributed by atoms with Gasteiger partial charge in [-0.3, -0.25) is 0 Å². The molecule has 2 aromatic carbocycles. The summed E-state index contributed by atoms with van der Waals surface area (Å²) in [5, 5.41) is 10.7. The van der Waals surface area contributed by atoms with Gasteiger partial charge in [0, 0.05) is 17.2 Å². The van der Waals surface area contributed by atoms with E-state index < -0.39 is 11.8 Å². The average Bonchev–Trinajstić information content (AvgIpc) is 2.77. The third-order valence-electron chi connectivity index (χ3n) is 3.13. The van der Waals surface area contributed by atoms with Crippen LogP contribution in [0.3, 0.4) is 0 Å². The maximum absolute atomic E-state index is 11.6. The quantitative estimate of drug-likeness (QED) is 0.835. The maximum Gasteiger partial charge on any atom is 0.334 e. The third kappa shape index (κ3) is 1.94. The van der Waals surface area contributed by atoms with Crippen LogP contribution in [-0.2, 0) is 15.3 Å². The van der Waals surface area contributed by atoms with Gasteiger partial charge >= 0.3 is 5.97 Å². The fourth-order valence-electron chi connectivity index (χ4n) is 2.22. The molecule has 0 saturated carbocycles. The minimum Gasteiger partial charge on any atom is -0.421 e. The van der Waals surface area contributed by atoms with Gasteiger partial charge < -0.3 is 9.84 Å². The molecule has 1 N–H and O–H groups in total. The van der Waals surface area contributed by atoms with E-state index in [2.05, 4.69) is 0 Å². The number of aliphatic hydroxyl groups is 1. The van der Waals surface area contributed by atoms with Gasteiger partial charge in [-0.25, -0.2) is 4.79 Å². The monoisotopic (exact) mass is 252 g/mol. The molecule has 2 aromatic rings. The number of esters is 1. The molecule has 1 atom stereocenters. The number of benzene rings is 2. The minimum absolute atomic E-state index is 0.462. The van der Waals surface area contributed by atoms with Crippen LogP contribution in [0.2, 0.25) is 0 Å². The molecule has 0 aromatic heterocycles. The van der Waals surface area contributed by atoms with E-state index in [4.69, 9.17) is 4.74 Å². The zero-order valence-corrected chi connectivity index (χ0v) is 10.1. The Morgan fingerprint density at radius 3 is 2.11 bits per heavy atom. The smallest absolute Gasteiger partial charge is 0.334 e. The summed E-state index contributed by atoms with van der Waals surface area (Å²) in [5.41, 5.74) is 1.76. The summed E-state index contributed by atoms with van der Waals surface area (Å²) in [6.45, 7) is 0. The average molecular weight is 252 g/mol. The molecular formula is C16H12O3. The molecular weight excluding hydrogens is 240 g/mol. The van der Waals surface area contributed by atoms with Gasteiger partial charge in [0.1, 0.15) is 0 Å². The summed E-state index contributed by atoms with van der Waals surface area (Å²) in [6.07, 6.45) is 1.34. The standard InChI is InChI=1S/C16H12O3/c17-15-11-14(12-7-3-1-4-8-12)16(18,19-15)13-9-5-2-6-10-13/h1-11,18H. The molecule has 3 nitrogen and oxygen atoms in total. The van der Waals surface area contributed by atoms with Crippen molar-refractivity contribution in [2.75, 3.05) is 0 Å². The zero-order valence-electron chi connectivity index (χ0n) is 10.1. The number of cyclic esters (lactones) is 1. The maximum atomic E-state index is 11.6. The molecule has 0 radical (unpaired) electrons. The highest BCUT2D eigenvalue weighted by molar-refractivity contribution is 5.98. The number of rotatable bonds is 2. The molecule has 19 heavy (non-hydrogen) atoms. The number of ether oxygens (including phenoxy) is 1. The van der Waals surface area contributed by atoms with Crippen molar-refractivity contribution in [1.82, 2.24) is 0 Å². The molecule has 0 saturated heterocycles. The van der Waals surface area contributed by atoms with Crippen LogP contribution in [0.25, 0.3) is 5.57 Å². The van der Waals surface area contributed by atoms with E-state index in [1.54, 1.807) is 24.3 Å². The minimum atomic E-state index is -1.71. The lowest BCUT2D eigenvalue weighted by atomic mass is 9.93. The van der Waals surface area contributed by atoms with Crippen LogP contribution in [-0.4, -0.2) is 11.1 Å². The second kappa shape index (κ2) is 4.37. The molecule has 0 spiro atoms. The molecule has 0 aliphatic carbocycles. The molecule has 1 heterocycles. The molecule has 1 aliphatic rings. The molecule has 3 heteroatoms. The molecule has 1 unspecified atom stereocenters. The van der Waals surface area contributed by atoms with Gasteiger partial charge in [-0.1, -0.05) is 60.7 Å². The van der Waals surface area contributed by atoms with Gasteiger partial charge in [0.25, 0.3) is 5.79 Å². The van der Waals surface area contributed by atoms with Crippen LogP contribution in [0.4, 0.5) is 0 Å². The van der Waals surface area contributed by atoms with E-state index in [0.717, 1.165) is 5.56 Å². The van der Waals surface area contributed by atoms with Crippen molar-refractivity contribution in [3.05, 3.63) is 77.9 Å². The van der Waals surface area contributed by atoms with Crippen molar-refractivity contribution in [2.24, 2.45) is 0 Å². The predicted molar refractivity (Wildman–Crippen MR) is 70.8 cm³/mol. The van der Waals surface area contributed by atoms with E-state index in [0.29, 0.717) is 11.1 Å². The largest absolute Gasteiger partial charge is 0.421 e. The lowest BCUT2D eigenvalue weighted by Crippen LogP contribution is -2.28. The Morgan fingerprint density at radius 2 is 1.47 bits per heavy atom. The lowest BCUT2D eigenvalue weighted by molar-refractivity contribution is -0.178. The van der Waals surface area contributed by atoms with Gasteiger partial charge in [0.15, 0.2) is 0 Å². The van der Waals surface area contributed by atoms with Gasteiger partial charge in [-0.15, -0.1) is 0 Å². The van der Waals surface area contributed by atoms with E-state index in [9.17, 15) is 9.90 Å². The first-order valence-corrected chi connectivity index (χ1v) is 5.98. The van der Waals surface area contributed by atoms with Gasteiger partial charge in [0.2, 0.25) is 0 Å². The molecule has 0 fully saturated rings. The highest BCUT2D eigenvalue weighted by Gasteiger charge is 2.43. The molecule has 0 amide bonds. The Hall–Kier alpha value is -2.39. The number of hydrogen-bond acceptors (Lipinski definition) is 3. The second-order valence-electron chi connectivity index (χ2n) is 4.36. The van der Waals surface area contributed by atoms with Crippen LogP contribution in [0.5, 0.6) is 0 Å². The first kappa shape index (κ1) is 11.7. The van der Waals surface area contributed by atoms with Crippen molar-refractivity contribution in [2.45, 2.75) is 5.79 Å². The Kier molecular flexibility index (Phi) is 2.69. The second-order valence-corrected chi connectivity index (χ2v) is 4.36. The van der Waals surface area contributed by atoms with Gasteiger partial charge in [-0.2, -0.15) is 0 Å². The summed E-state index contributed by atoms with van der Waals surface area (Å²) < 4.78 is 5.13. The summed E-state index contributed by atoms with van der Waals surface area (Å²) in [6, 6.07) is 18.1. The normalized spacial score (nSPS) is 21.9. The van der Waals surface area contributed by atoms with Crippen molar-refractivity contribution in [3.63, 3.8) is 0 Å². The Bertz CT molecular complexity index is 632. The number of carbonyl (C=O) groups excluding carboxylic acids is 1. The molecule has 0 bridgehead atoms. The first-order chi connectivity index (χ1) is 9.20. The van der Waals surface area contributed by atoms with Gasteiger partial charge in [0.05, 0.1) is 0 Å². The van der Waals surface area contributed by atoms with Gasteiger partial charge in [-0.05, 0) is 5.56 Å². The Labute approximate surface area is 110 Å². The molecule has 94 valence electrons. The Balaban J connectivity index is 2.12. The first-order valence-electron chi connectivity index (χ1n) is 5.98. The van der Waals surface area contributed by atoms with Crippen molar-refractivity contribution < 1.29 is 14.6 Å². The fraction of sp³-hybridized carbons (Fsp3) is 0.0625. The van der Waals surface area contributed by atoms with E-state index in [1.165, 1.54) is 6.08 Å². The highest BCUT2D eigenvalue weighted by Crippen LogP contribution is 2.41. The molecule has 1 aliphatic heterocycles. The summed E-state index contributed by atoms with van der Waals surface area (Å²) in [7, 11) is 0. The summed E-state index contributed by atoms with van der Waals surface area (Å²) >= 11 is 0. The highest BCUT2D eigenvalue weighted by atomic mass is 16.7. The van der Waals surface area contributed by atoms with E-state index in [-0.39, 0.29) is 0 Å². The lowest BCUT2D eigenvalue weighted by Gasteiger charge is -2.25. The Morgan fingerprint density at radius 1 is 0.895 bits per heavy atom. The van der Waals surface area contributed by atoms with Crippen LogP contribution in [0, 0.1) is 0 Å².